The van der Waals surface area contributed by atoms with E-state index < -0.39 is 5.97 Å². The fourth-order valence-corrected chi connectivity index (χ4v) is 0.581. The van der Waals surface area contributed by atoms with Crippen LogP contribution in [0.4, 0.5) is 0 Å². The van der Waals surface area contributed by atoms with Crippen molar-refractivity contribution in [1.82, 2.24) is 0 Å². The third-order valence-corrected chi connectivity index (χ3v) is 1.02. The van der Waals surface area contributed by atoms with Crippen molar-refractivity contribution in [2.24, 2.45) is 0 Å². The fraction of sp³-hybridized carbons (Fsp3) is 0. The van der Waals surface area contributed by atoms with Crippen LogP contribution in [0.1, 0.15) is 10.4 Å². The zero-order valence-electron chi connectivity index (χ0n) is 5.54. The van der Waals surface area contributed by atoms with Gasteiger partial charge in [-0.3, -0.25) is 0 Å². The van der Waals surface area contributed by atoms with E-state index in [9.17, 15) is 4.79 Å². The van der Waals surface area contributed by atoms with Gasteiger partial charge in [-0.25, -0.2) is 4.79 Å². The monoisotopic (exact) mass is 203 g/mol. The molecule has 0 amide bonds. The third-order valence-electron chi connectivity index (χ3n) is 1.02. The maximum atomic E-state index is 10.2. The Hall–Kier alpha value is -0.831. The van der Waals surface area contributed by atoms with Crippen molar-refractivity contribution >= 4 is 5.97 Å². The second-order valence-electron chi connectivity index (χ2n) is 1.67. The van der Waals surface area contributed by atoms with Crippen LogP contribution in [-0.4, -0.2) is 16.6 Å². The van der Waals surface area contributed by atoms with Crippen molar-refractivity contribution in [3.05, 3.63) is 35.9 Å². The first kappa shape index (κ1) is 12.8. The molecule has 4 heteroatoms. The summed E-state index contributed by atoms with van der Waals surface area (Å²) < 4.78 is 0. The predicted molar refractivity (Wildman–Crippen MR) is 37.0 cm³/mol. The van der Waals surface area contributed by atoms with Gasteiger partial charge in [0.05, 0.1) is 5.56 Å². The van der Waals surface area contributed by atoms with E-state index in [0.29, 0.717) is 5.56 Å². The second-order valence-corrected chi connectivity index (χ2v) is 1.67. The molecule has 0 saturated carbocycles. The second kappa shape index (κ2) is 5.92. The molecule has 1 rings (SSSR count). The Balaban J connectivity index is 0. The van der Waals surface area contributed by atoms with E-state index >= 15 is 0 Å². The molecule has 0 spiro atoms. The summed E-state index contributed by atoms with van der Waals surface area (Å²) in [4.78, 5) is 10.2. The number of hydrogen-bond acceptors (Lipinski definition) is 1. The Kier molecular flexibility index (Phi) is 6.89. The molecule has 0 aromatic heterocycles. The quantitative estimate of drug-likeness (QED) is 0.678. The van der Waals surface area contributed by atoms with Crippen LogP contribution in [0.2, 0.25) is 0 Å². The molecule has 0 aliphatic carbocycles. The van der Waals surface area contributed by atoms with Crippen molar-refractivity contribution in [2.75, 3.05) is 0 Å². The standard InChI is InChI=1S/C7H6O2.Cu.H2O/c8-7(9)6-4-2-1-3-5-6;;/h1-5H,(H,8,9);;1H2. The molecule has 11 heavy (non-hydrogen) atoms. The van der Waals surface area contributed by atoms with E-state index in [4.69, 9.17) is 5.11 Å². The van der Waals surface area contributed by atoms with E-state index in [-0.39, 0.29) is 22.5 Å². The molecule has 0 aliphatic heterocycles. The number of benzene rings is 1. The summed E-state index contributed by atoms with van der Waals surface area (Å²) in [5.74, 6) is -0.879. The Morgan fingerprint density at radius 3 is 1.91 bits per heavy atom. The van der Waals surface area contributed by atoms with Gasteiger partial charge in [0.25, 0.3) is 0 Å². The molecule has 3 N–H and O–H groups in total. The largest absolute Gasteiger partial charge is 0.478 e. The summed E-state index contributed by atoms with van der Waals surface area (Å²) in [6.07, 6.45) is 0. The fourth-order valence-electron chi connectivity index (χ4n) is 0.581. The summed E-state index contributed by atoms with van der Waals surface area (Å²) in [5, 5.41) is 8.38. The minimum atomic E-state index is -0.879. The van der Waals surface area contributed by atoms with Gasteiger partial charge in [-0.1, -0.05) is 18.2 Å². The van der Waals surface area contributed by atoms with Crippen LogP contribution in [-0.2, 0) is 17.1 Å². The Morgan fingerprint density at radius 1 is 1.18 bits per heavy atom. The third kappa shape index (κ3) is 3.78. The SMILES string of the molecule is O.O=C(O)c1ccccc1.[Cu]. The van der Waals surface area contributed by atoms with Crippen molar-refractivity contribution in [2.45, 2.75) is 0 Å². The van der Waals surface area contributed by atoms with Gasteiger partial charge in [0.15, 0.2) is 0 Å². The molecule has 0 unspecified atom stereocenters. The van der Waals surface area contributed by atoms with E-state index in [2.05, 4.69) is 0 Å². The predicted octanol–water partition coefficient (Wildman–Crippen LogP) is 0.558. The van der Waals surface area contributed by atoms with Gasteiger partial charge in [0, 0.05) is 17.1 Å². The van der Waals surface area contributed by atoms with Crippen molar-refractivity contribution in [3.8, 4) is 0 Å². The molecule has 65 valence electrons. The van der Waals surface area contributed by atoms with E-state index in [1.165, 1.54) is 0 Å². The summed E-state index contributed by atoms with van der Waals surface area (Å²) in [6, 6.07) is 8.30. The van der Waals surface area contributed by atoms with Crippen LogP contribution in [0.3, 0.4) is 0 Å². The number of carboxylic acids is 1. The van der Waals surface area contributed by atoms with E-state index in [1.54, 1.807) is 30.3 Å². The molecular weight excluding hydrogens is 196 g/mol. The molecular formula is C7H8CuO3. The van der Waals surface area contributed by atoms with Crippen LogP contribution in [0, 0.1) is 0 Å². The first-order chi connectivity index (χ1) is 4.30. The van der Waals surface area contributed by atoms with Gasteiger partial charge in [0.1, 0.15) is 0 Å². The van der Waals surface area contributed by atoms with Crippen LogP contribution in [0.25, 0.3) is 0 Å². The van der Waals surface area contributed by atoms with Gasteiger partial charge >= 0.3 is 5.97 Å². The van der Waals surface area contributed by atoms with Crippen molar-refractivity contribution < 1.29 is 32.4 Å². The summed E-state index contributed by atoms with van der Waals surface area (Å²) in [5.41, 5.74) is 0.331. The van der Waals surface area contributed by atoms with Crippen LogP contribution in [0.5, 0.6) is 0 Å². The average molecular weight is 204 g/mol. The van der Waals surface area contributed by atoms with Gasteiger partial charge in [0.2, 0.25) is 0 Å². The number of carbonyl (C=O) groups is 1. The maximum absolute atomic E-state index is 10.2. The molecule has 0 bridgehead atoms. The van der Waals surface area contributed by atoms with Gasteiger partial charge in [-0.05, 0) is 12.1 Å². The molecule has 0 heterocycles. The van der Waals surface area contributed by atoms with Crippen molar-refractivity contribution in [3.63, 3.8) is 0 Å². The normalized spacial score (nSPS) is 7.27. The Bertz CT molecular complexity index is 210. The number of hydrogen-bond donors (Lipinski definition) is 1. The zero-order valence-corrected chi connectivity index (χ0v) is 6.49. The van der Waals surface area contributed by atoms with Gasteiger partial charge in [-0.2, -0.15) is 0 Å². The first-order valence-corrected chi connectivity index (χ1v) is 2.59. The molecule has 1 radical (unpaired) electrons. The van der Waals surface area contributed by atoms with Gasteiger partial charge in [-0.15, -0.1) is 0 Å². The summed E-state index contributed by atoms with van der Waals surface area (Å²) in [6.45, 7) is 0. The number of rotatable bonds is 1. The first-order valence-electron chi connectivity index (χ1n) is 2.59. The van der Waals surface area contributed by atoms with E-state index in [1.807, 2.05) is 0 Å². The van der Waals surface area contributed by atoms with Gasteiger partial charge < -0.3 is 10.6 Å². The van der Waals surface area contributed by atoms with E-state index in [0.717, 1.165) is 0 Å². The summed E-state index contributed by atoms with van der Waals surface area (Å²) >= 11 is 0. The van der Waals surface area contributed by atoms with Crippen LogP contribution < -0.4 is 0 Å². The average Bonchev–Trinajstić information content (AvgIpc) is 1.90. The van der Waals surface area contributed by atoms with Crippen LogP contribution >= 0.6 is 0 Å². The molecule has 3 nitrogen and oxygen atoms in total. The molecule has 0 fully saturated rings. The smallest absolute Gasteiger partial charge is 0.335 e. The molecule has 0 aliphatic rings. The maximum Gasteiger partial charge on any atom is 0.335 e. The molecule has 1 aromatic rings. The number of carboxylic acid groups (broad SMARTS) is 1. The topological polar surface area (TPSA) is 68.8 Å². The minimum Gasteiger partial charge on any atom is -0.478 e. The molecule has 0 atom stereocenters. The zero-order chi connectivity index (χ0) is 6.69. The molecule has 0 saturated heterocycles. The minimum absolute atomic E-state index is 0. The Labute approximate surface area is 74.8 Å². The van der Waals surface area contributed by atoms with Crippen LogP contribution in [0.15, 0.2) is 30.3 Å². The number of aromatic carboxylic acids is 1. The molecule has 1 aromatic carbocycles. The summed E-state index contributed by atoms with van der Waals surface area (Å²) in [7, 11) is 0. The van der Waals surface area contributed by atoms with Crippen molar-refractivity contribution in [1.29, 1.82) is 0 Å². The Morgan fingerprint density at radius 2 is 1.64 bits per heavy atom.